The molecule has 0 aromatic heterocycles. The van der Waals surface area contributed by atoms with Crippen LogP contribution in [0, 0.1) is 11.3 Å². The van der Waals surface area contributed by atoms with Gasteiger partial charge in [-0.2, -0.15) is 5.26 Å². The zero-order valence-corrected chi connectivity index (χ0v) is 14.9. The molecule has 0 saturated carbocycles. The van der Waals surface area contributed by atoms with Gasteiger partial charge in [-0.15, -0.1) is 0 Å². The van der Waals surface area contributed by atoms with E-state index in [1.807, 2.05) is 0 Å². The quantitative estimate of drug-likeness (QED) is 0.536. The molecule has 0 aliphatic heterocycles. The molecule has 1 aromatic rings. The number of benzene rings is 1. The highest BCUT2D eigenvalue weighted by Gasteiger charge is 2.12. The monoisotopic (exact) mass is 399 g/mol. The van der Waals surface area contributed by atoms with Crippen LogP contribution in [-0.4, -0.2) is 5.78 Å². The molecule has 4 heteroatoms. The lowest BCUT2D eigenvalue weighted by molar-refractivity contribution is -0.118. The Morgan fingerprint density at radius 3 is 2.30 bits per heavy atom. The Bertz CT molecular complexity index is 483. The number of Topliss-reactive ketones (excluding diaryl/α,β-unsaturated/α-hetero) is 1. The highest BCUT2D eigenvalue weighted by molar-refractivity contribution is 9.11. The molecule has 20 heavy (non-hydrogen) atoms. The van der Waals surface area contributed by atoms with Crippen molar-refractivity contribution in [3.63, 3.8) is 0 Å². The summed E-state index contributed by atoms with van der Waals surface area (Å²) in [6.07, 6.45) is 6.86. The molecular weight excluding hydrogens is 382 g/mol. The van der Waals surface area contributed by atoms with Crippen LogP contribution in [0.1, 0.15) is 56.6 Å². The Morgan fingerprint density at radius 1 is 1.15 bits per heavy atom. The molecule has 0 spiro atoms. The molecule has 0 aliphatic carbocycles. The van der Waals surface area contributed by atoms with Crippen molar-refractivity contribution >= 4 is 37.6 Å². The molecule has 0 unspecified atom stereocenters. The molecule has 0 atom stereocenters. The van der Waals surface area contributed by atoms with Crippen molar-refractivity contribution in [2.24, 2.45) is 0 Å². The molecule has 0 radical (unpaired) electrons. The van der Waals surface area contributed by atoms with Gasteiger partial charge in [-0.25, -0.2) is 0 Å². The number of ketones is 1. The average Bonchev–Trinajstić information content (AvgIpc) is 2.42. The number of nitrogens with zero attached hydrogens (tertiary/aromatic N) is 1. The number of rotatable bonds is 8. The topological polar surface area (TPSA) is 40.9 Å². The zero-order chi connectivity index (χ0) is 15.0. The van der Waals surface area contributed by atoms with E-state index < -0.39 is 0 Å². The van der Waals surface area contributed by atoms with Gasteiger partial charge >= 0.3 is 0 Å². The third-order valence-corrected chi connectivity index (χ3v) is 4.62. The number of halogens is 2. The second-order valence-electron chi connectivity index (χ2n) is 4.91. The lowest BCUT2D eigenvalue weighted by atomic mass is 10.0. The van der Waals surface area contributed by atoms with E-state index in [2.05, 4.69) is 44.9 Å². The first kappa shape index (κ1) is 17.4. The molecule has 2 nitrogen and oxygen atoms in total. The van der Waals surface area contributed by atoms with E-state index in [9.17, 15) is 4.79 Å². The maximum atomic E-state index is 12.0. The molecule has 0 N–H and O–H groups in total. The summed E-state index contributed by atoms with van der Waals surface area (Å²) in [5.74, 6) is 0.257. The van der Waals surface area contributed by atoms with Gasteiger partial charge in [0.2, 0.25) is 0 Å². The van der Waals surface area contributed by atoms with Crippen molar-refractivity contribution in [1.82, 2.24) is 0 Å². The first-order valence-corrected chi connectivity index (χ1v) is 8.56. The van der Waals surface area contributed by atoms with Crippen molar-refractivity contribution < 1.29 is 4.79 Å². The fourth-order valence-corrected chi connectivity index (χ4v) is 3.51. The van der Waals surface area contributed by atoms with E-state index in [4.69, 9.17) is 5.26 Å². The van der Waals surface area contributed by atoms with E-state index in [0.717, 1.165) is 27.4 Å². The summed E-state index contributed by atoms with van der Waals surface area (Å²) in [5, 5.41) is 8.89. The van der Waals surface area contributed by atoms with Gasteiger partial charge in [0.15, 0.2) is 0 Å². The van der Waals surface area contributed by atoms with Crippen molar-refractivity contribution in [1.29, 1.82) is 5.26 Å². The minimum absolute atomic E-state index is 0.257. The second-order valence-corrected chi connectivity index (χ2v) is 6.62. The van der Waals surface area contributed by atoms with Crippen molar-refractivity contribution in [2.45, 2.75) is 51.9 Å². The van der Waals surface area contributed by atoms with Gasteiger partial charge in [-0.1, -0.05) is 64.5 Å². The molecule has 0 saturated heterocycles. The summed E-state index contributed by atoms with van der Waals surface area (Å²) >= 11 is 6.87. The fourth-order valence-electron chi connectivity index (χ4n) is 2.05. The maximum Gasteiger partial charge on any atom is 0.137 e. The minimum Gasteiger partial charge on any atom is -0.299 e. The lowest BCUT2D eigenvalue weighted by Crippen LogP contribution is -2.04. The largest absolute Gasteiger partial charge is 0.299 e. The third-order valence-electron chi connectivity index (χ3n) is 3.20. The summed E-state index contributed by atoms with van der Waals surface area (Å²) in [6, 6.07) is 5.62. The zero-order valence-electron chi connectivity index (χ0n) is 11.7. The van der Waals surface area contributed by atoms with Crippen molar-refractivity contribution in [3.05, 3.63) is 32.2 Å². The van der Waals surface area contributed by atoms with Crippen LogP contribution in [0.5, 0.6) is 0 Å². The van der Waals surface area contributed by atoms with Gasteiger partial charge in [-0.05, 0) is 24.1 Å². The molecule has 0 heterocycles. The molecule has 0 fully saturated rings. The number of unbranched alkanes of at least 4 members (excludes halogenated alkanes) is 4. The summed E-state index contributed by atoms with van der Waals surface area (Å²) in [6.45, 7) is 2.19. The number of nitriles is 1. The molecule has 0 aliphatic rings. The summed E-state index contributed by atoms with van der Waals surface area (Å²) in [4.78, 5) is 12.0. The predicted molar refractivity (Wildman–Crippen MR) is 88.6 cm³/mol. The fraction of sp³-hybridized carbons (Fsp3) is 0.500. The first-order valence-electron chi connectivity index (χ1n) is 6.98. The third kappa shape index (κ3) is 5.76. The van der Waals surface area contributed by atoms with Crippen LogP contribution in [-0.2, 0) is 11.2 Å². The number of hydrogen-bond acceptors (Lipinski definition) is 2. The predicted octanol–water partition coefficient (Wildman–Crippen LogP) is 5.56. The molecule has 1 aromatic carbocycles. The number of carbonyl (C=O) groups is 1. The Labute approximate surface area is 137 Å². The Kier molecular flexibility index (Phi) is 8.09. The normalized spacial score (nSPS) is 10.3. The van der Waals surface area contributed by atoms with Crippen molar-refractivity contribution in [3.8, 4) is 6.07 Å². The standard InChI is InChI=1S/C16H19Br2NO/c1-2-3-4-5-6-7-13(20)10-14-15(17)8-12(11-19)9-16(14)18/h8-9H,2-7,10H2,1H3. The smallest absolute Gasteiger partial charge is 0.137 e. The second kappa shape index (κ2) is 9.31. The van der Waals surface area contributed by atoms with Gasteiger partial charge < -0.3 is 0 Å². The molecule has 1 rings (SSSR count). The highest BCUT2D eigenvalue weighted by atomic mass is 79.9. The van der Waals surface area contributed by atoms with Gasteiger partial charge in [-0.3, -0.25) is 4.79 Å². The van der Waals surface area contributed by atoms with E-state index >= 15 is 0 Å². The SMILES string of the molecule is CCCCCCCC(=O)Cc1c(Br)cc(C#N)cc1Br. The Balaban J connectivity index is 2.52. The van der Waals surface area contributed by atoms with Crippen LogP contribution in [0.2, 0.25) is 0 Å². The van der Waals surface area contributed by atoms with Crippen LogP contribution in [0.25, 0.3) is 0 Å². The van der Waals surface area contributed by atoms with Crippen LogP contribution in [0.3, 0.4) is 0 Å². The molecule has 0 bridgehead atoms. The highest BCUT2D eigenvalue weighted by Crippen LogP contribution is 2.28. The van der Waals surface area contributed by atoms with E-state index in [0.29, 0.717) is 18.4 Å². The lowest BCUT2D eigenvalue weighted by Gasteiger charge is -2.07. The molecule has 0 amide bonds. The summed E-state index contributed by atoms with van der Waals surface area (Å²) in [7, 11) is 0. The summed E-state index contributed by atoms with van der Waals surface area (Å²) in [5.41, 5.74) is 1.52. The van der Waals surface area contributed by atoms with Crippen LogP contribution < -0.4 is 0 Å². The molecular formula is C16H19Br2NO. The van der Waals surface area contributed by atoms with Crippen molar-refractivity contribution in [2.75, 3.05) is 0 Å². The van der Waals surface area contributed by atoms with Crippen LogP contribution in [0.15, 0.2) is 21.1 Å². The van der Waals surface area contributed by atoms with Gasteiger partial charge in [0.1, 0.15) is 5.78 Å². The Hall–Kier alpha value is -0.660. The first-order chi connectivity index (χ1) is 9.58. The average molecular weight is 401 g/mol. The minimum atomic E-state index is 0.257. The van der Waals surface area contributed by atoms with E-state index in [1.165, 1.54) is 19.3 Å². The van der Waals surface area contributed by atoms with E-state index in [1.54, 1.807) is 12.1 Å². The van der Waals surface area contributed by atoms with Gasteiger partial charge in [0, 0.05) is 21.8 Å². The van der Waals surface area contributed by atoms with Gasteiger partial charge in [0.25, 0.3) is 0 Å². The van der Waals surface area contributed by atoms with Crippen LogP contribution in [0.4, 0.5) is 0 Å². The van der Waals surface area contributed by atoms with Crippen LogP contribution >= 0.6 is 31.9 Å². The number of hydrogen-bond donors (Lipinski definition) is 0. The van der Waals surface area contributed by atoms with E-state index in [-0.39, 0.29) is 5.78 Å². The summed E-state index contributed by atoms with van der Waals surface area (Å²) < 4.78 is 1.64. The van der Waals surface area contributed by atoms with Gasteiger partial charge in [0.05, 0.1) is 11.6 Å². The Morgan fingerprint density at radius 2 is 1.75 bits per heavy atom. The number of carbonyl (C=O) groups excluding carboxylic acids is 1. The molecule has 108 valence electrons. The maximum absolute atomic E-state index is 12.0.